The van der Waals surface area contributed by atoms with Crippen molar-refractivity contribution < 1.29 is 27.5 Å². The number of Topliss-reactive ketones (excluding diaryl/α,β-unsaturated/α-hetero) is 1. The SMILES string of the molecule is COc1ccc(S(=O)(=O)N2CCc3ccccc32)cc1C(=O)O[C@H]1CCCCC1=O. The number of methoxy groups -OCH3 is 1. The number of carbonyl (C=O) groups is 2. The number of sulfonamides is 1. The second kappa shape index (κ2) is 8.10. The zero-order valence-corrected chi connectivity index (χ0v) is 17.5. The van der Waals surface area contributed by atoms with Crippen LogP contribution in [0.1, 0.15) is 41.6 Å². The number of esters is 1. The lowest BCUT2D eigenvalue weighted by Crippen LogP contribution is -2.31. The highest BCUT2D eigenvalue weighted by atomic mass is 32.2. The van der Waals surface area contributed by atoms with Gasteiger partial charge in [0, 0.05) is 13.0 Å². The molecule has 1 heterocycles. The summed E-state index contributed by atoms with van der Waals surface area (Å²) in [5.74, 6) is -0.666. The van der Waals surface area contributed by atoms with Crippen molar-refractivity contribution in [2.75, 3.05) is 18.0 Å². The van der Waals surface area contributed by atoms with Crippen molar-refractivity contribution in [3.05, 3.63) is 53.6 Å². The first kappa shape index (κ1) is 20.4. The zero-order valence-electron chi connectivity index (χ0n) is 16.7. The Hall–Kier alpha value is -2.87. The van der Waals surface area contributed by atoms with Gasteiger partial charge in [0.15, 0.2) is 11.9 Å². The normalized spacial score (nSPS) is 18.8. The van der Waals surface area contributed by atoms with Gasteiger partial charge in [-0.1, -0.05) is 18.2 Å². The Kier molecular flexibility index (Phi) is 5.51. The molecule has 1 aliphatic carbocycles. The highest BCUT2D eigenvalue weighted by Gasteiger charge is 2.33. The monoisotopic (exact) mass is 429 g/mol. The molecule has 1 atom stereocenters. The third kappa shape index (κ3) is 3.67. The number of hydrogen-bond acceptors (Lipinski definition) is 6. The van der Waals surface area contributed by atoms with Crippen molar-refractivity contribution in [3.8, 4) is 5.75 Å². The molecule has 0 amide bonds. The maximum atomic E-state index is 13.3. The maximum Gasteiger partial charge on any atom is 0.342 e. The number of carbonyl (C=O) groups excluding carboxylic acids is 2. The van der Waals surface area contributed by atoms with E-state index in [0.717, 1.165) is 18.4 Å². The predicted octanol–water partition coefficient (Wildman–Crippen LogP) is 3.12. The Balaban J connectivity index is 1.65. The first-order valence-electron chi connectivity index (χ1n) is 9.94. The highest BCUT2D eigenvalue weighted by molar-refractivity contribution is 7.92. The lowest BCUT2D eigenvalue weighted by Gasteiger charge is -2.22. The highest BCUT2D eigenvalue weighted by Crippen LogP contribution is 2.34. The van der Waals surface area contributed by atoms with Gasteiger partial charge in [-0.2, -0.15) is 0 Å². The summed E-state index contributed by atoms with van der Waals surface area (Å²) in [6.45, 7) is 0.337. The first-order chi connectivity index (χ1) is 14.4. The summed E-state index contributed by atoms with van der Waals surface area (Å²) in [6.07, 6.45) is 2.31. The molecule has 0 unspecified atom stereocenters. The minimum Gasteiger partial charge on any atom is -0.496 e. The van der Waals surface area contributed by atoms with E-state index in [1.165, 1.54) is 29.6 Å². The van der Waals surface area contributed by atoms with Crippen LogP contribution in [0, 0.1) is 0 Å². The van der Waals surface area contributed by atoms with Crippen LogP contribution in [0.4, 0.5) is 5.69 Å². The Labute approximate surface area is 175 Å². The van der Waals surface area contributed by atoms with Gasteiger partial charge in [0.05, 0.1) is 17.7 Å². The number of nitrogens with zero attached hydrogens (tertiary/aromatic N) is 1. The Morgan fingerprint density at radius 2 is 1.90 bits per heavy atom. The van der Waals surface area contributed by atoms with Crippen molar-refractivity contribution >= 4 is 27.5 Å². The van der Waals surface area contributed by atoms with Crippen LogP contribution < -0.4 is 9.04 Å². The van der Waals surface area contributed by atoms with Crippen LogP contribution >= 0.6 is 0 Å². The molecule has 1 fully saturated rings. The molecular formula is C22H23NO6S. The number of rotatable bonds is 5. The second-order valence-electron chi connectivity index (χ2n) is 7.42. The molecule has 2 aromatic carbocycles. The van der Waals surface area contributed by atoms with Crippen LogP contribution in [-0.4, -0.2) is 39.9 Å². The summed E-state index contributed by atoms with van der Waals surface area (Å²) in [6, 6.07) is 11.5. The average Bonchev–Trinajstić information content (AvgIpc) is 3.20. The smallest absolute Gasteiger partial charge is 0.342 e. The molecule has 7 nitrogen and oxygen atoms in total. The molecule has 30 heavy (non-hydrogen) atoms. The quantitative estimate of drug-likeness (QED) is 0.679. The van der Waals surface area contributed by atoms with E-state index in [4.69, 9.17) is 9.47 Å². The number of anilines is 1. The molecule has 0 N–H and O–H groups in total. The summed E-state index contributed by atoms with van der Waals surface area (Å²) < 4.78 is 38.6. The molecule has 1 saturated carbocycles. The van der Waals surface area contributed by atoms with Gasteiger partial charge in [0.2, 0.25) is 0 Å². The number of hydrogen-bond donors (Lipinski definition) is 0. The van der Waals surface area contributed by atoms with E-state index in [1.807, 2.05) is 12.1 Å². The predicted molar refractivity (Wildman–Crippen MR) is 110 cm³/mol. The molecule has 0 aromatic heterocycles. The third-order valence-corrected chi connectivity index (χ3v) is 7.38. The average molecular weight is 429 g/mol. The molecule has 8 heteroatoms. The van der Waals surface area contributed by atoms with Crippen LogP contribution in [0.25, 0.3) is 0 Å². The van der Waals surface area contributed by atoms with Gasteiger partial charge in [-0.15, -0.1) is 0 Å². The van der Waals surface area contributed by atoms with Crippen molar-refractivity contribution in [1.82, 2.24) is 0 Å². The molecule has 0 saturated heterocycles. The molecule has 1 aliphatic heterocycles. The summed E-state index contributed by atoms with van der Waals surface area (Å²) >= 11 is 0. The maximum absolute atomic E-state index is 13.3. The first-order valence-corrected chi connectivity index (χ1v) is 11.4. The lowest BCUT2D eigenvalue weighted by atomic mass is 9.96. The van der Waals surface area contributed by atoms with E-state index in [0.29, 0.717) is 31.5 Å². The van der Waals surface area contributed by atoms with Crippen LogP contribution in [-0.2, 0) is 26.0 Å². The number of fused-ring (bicyclic) bond motifs is 1. The van der Waals surface area contributed by atoms with E-state index in [-0.39, 0.29) is 22.0 Å². The third-order valence-electron chi connectivity index (χ3n) is 5.57. The molecule has 158 valence electrons. The number of ketones is 1. The number of para-hydroxylation sites is 1. The van der Waals surface area contributed by atoms with Gasteiger partial charge in [-0.05, 0) is 55.5 Å². The van der Waals surface area contributed by atoms with Gasteiger partial charge in [0.1, 0.15) is 11.3 Å². The van der Waals surface area contributed by atoms with Crippen LogP contribution in [0.2, 0.25) is 0 Å². The van der Waals surface area contributed by atoms with E-state index in [1.54, 1.807) is 12.1 Å². The molecule has 4 rings (SSSR count). The summed E-state index contributed by atoms with van der Waals surface area (Å²) in [5, 5.41) is 0. The van der Waals surface area contributed by atoms with Gasteiger partial charge in [0.25, 0.3) is 10.0 Å². The van der Waals surface area contributed by atoms with Crippen LogP contribution in [0.5, 0.6) is 5.75 Å². The van der Waals surface area contributed by atoms with Gasteiger partial charge in [-0.25, -0.2) is 13.2 Å². The Morgan fingerprint density at radius 3 is 2.67 bits per heavy atom. The summed E-state index contributed by atoms with van der Waals surface area (Å²) in [5.41, 5.74) is 1.60. The fourth-order valence-electron chi connectivity index (χ4n) is 3.96. The van der Waals surface area contributed by atoms with Gasteiger partial charge < -0.3 is 9.47 Å². The topological polar surface area (TPSA) is 90.0 Å². The number of benzene rings is 2. The van der Waals surface area contributed by atoms with Crippen molar-refractivity contribution in [1.29, 1.82) is 0 Å². The fourth-order valence-corrected chi connectivity index (χ4v) is 5.49. The number of ether oxygens (including phenoxy) is 2. The van der Waals surface area contributed by atoms with E-state index >= 15 is 0 Å². The molecule has 0 bridgehead atoms. The van der Waals surface area contributed by atoms with E-state index in [9.17, 15) is 18.0 Å². The van der Waals surface area contributed by atoms with Crippen molar-refractivity contribution in [2.45, 2.75) is 43.1 Å². The molecule has 0 spiro atoms. The van der Waals surface area contributed by atoms with Crippen LogP contribution in [0.15, 0.2) is 47.4 Å². The molecule has 2 aliphatic rings. The largest absolute Gasteiger partial charge is 0.496 e. The Bertz CT molecular complexity index is 1090. The van der Waals surface area contributed by atoms with Crippen molar-refractivity contribution in [2.24, 2.45) is 0 Å². The fraction of sp³-hybridized carbons (Fsp3) is 0.364. The molecule has 0 radical (unpaired) electrons. The van der Waals surface area contributed by atoms with Crippen molar-refractivity contribution in [3.63, 3.8) is 0 Å². The van der Waals surface area contributed by atoms with E-state index in [2.05, 4.69) is 0 Å². The van der Waals surface area contributed by atoms with E-state index < -0.39 is 22.1 Å². The Morgan fingerprint density at radius 1 is 1.10 bits per heavy atom. The zero-order chi connectivity index (χ0) is 21.3. The summed E-state index contributed by atoms with van der Waals surface area (Å²) in [4.78, 5) is 24.8. The van der Waals surface area contributed by atoms with Gasteiger partial charge >= 0.3 is 5.97 Å². The second-order valence-corrected chi connectivity index (χ2v) is 9.29. The minimum absolute atomic E-state index is 0.00979. The minimum atomic E-state index is -3.87. The molecule has 2 aromatic rings. The molecular weight excluding hydrogens is 406 g/mol. The standard InChI is InChI=1S/C22H23NO6S/c1-28-20-11-10-16(14-17(20)22(25)29-21-9-5-4-8-19(21)24)30(26,27)23-13-12-15-6-2-3-7-18(15)23/h2-3,6-7,10-11,14,21H,4-5,8-9,12-13H2,1H3/t21-/m0/s1. The van der Waals surface area contributed by atoms with Crippen LogP contribution in [0.3, 0.4) is 0 Å². The lowest BCUT2D eigenvalue weighted by molar-refractivity contribution is -0.129. The van der Waals surface area contributed by atoms with Gasteiger partial charge in [-0.3, -0.25) is 9.10 Å². The summed E-state index contributed by atoms with van der Waals surface area (Å²) in [7, 11) is -2.48.